The van der Waals surface area contributed by atoms with Gasteiger partial charge in [-0.2, -0.15) is 0 Å². The van der Waals surface area contributed by atoms with Crippen LogP contribution in [-0.4, -0.2) is 17.6 Å². The second kappa shape index (κ2) is 4.68. The van der Waals surface area contributed by atoms with Crippen molar-refractivity contribution in [1.29, 1.82) is 0 Å². The van der Waals surface area contributed by atoms with E-state index in [9.17, 15) is 0 Å². The largest absolute Gasteiger partial charge is 0.490 e. The van der Waals surface area contributed by atoms with Crippen LogP contribution in [0.25, 0.3) is 10.9 Å². The lowest BCUT2D eigenvalue weighted by Crippen LogP contribution is -2.23. The van der Waals surface area contributed by atoms with Gasteiger partial charge in [0.05, 0.1) is 5.02 Å². The summed E-state index contributed by atoms with van der Waals surface area (Å²) in [6, 6.07) is 7.39. The van der Waals surface area contributed by atoms with Crippen molar-refractivity contribution < 1.29 is 4.74 Å². The molecule has 0 amide bonds. The molecule has 84 valence electrons. The molecule has 3 nitrogen and oxygen atoms in total. The minimum Gasteiger partial charge on any atom is -0.490 e. The summed E-state index contributed by atoms with van der Waals surface area (Å²) in [5.41, 5.74) is 6.42. The molecular formula is C12H13ClN2O. The monoisotopic (exact) mass is 236 g/mol. The molecule has 2 aromatic rings. The lowest BCUT2D eigenvalue weighted by molar-refractivity contribution is 0.299. The fourth-order valence-electron chi connectivity index (χ4n) is 1.45. The fraction of sp³-hybridized carbons (Fsp3) is 0.250. The van der Waals surface area contributed by atoms with E-state index in [0.717, 1.165) is 16.7 Å². The highest BCUT2D eigenvalue weighted by molar-refractivity contribution is 6.35. The van der Waals surface area contributed by atoms with E-state index in [0.29, 0.717) is 11.6 Å². The van der Waals surface area contributed by atoms with Crippen LogP contribution in [0.15, 0.2) is 30.5 Å². The number of fused-ring (bicyclic) bond motifs is 1. The Balaban J connectivity index is 2.42. The number of aromatic nitrogens is 1. The second-order valence-corrected chi connectivity index (χ2v) is 4.14. The Hall–Kier alpha value is -1.32. The first-order chi connectivity index (χ1) is 7.68. The quantitative estimate of drug-likeness (QED) is 0.891. The van der Waals surface area contributed by atoms with Crippen LogP contribution in [0.5, 0.6) is 5.75 Å². The molecule has 16 heavy (non-hydrogen) atoms. The number of nitrogens with two attached hydrogens (primary N) is 1. The van der Waals surface area contributed by atoms with Gasteiger partial charge in [-0.25, -0.2) is 0 Å². The third kappa shape index (κ3) is 2.26. The molecule has 0 saturated heterocycles. The molecule has 0 fully saturated rings. The summed E-state index contributed by atoms with van der Waals surface area (Å²) in [5.74, 6) is 0.720. The van der Waals surface area contributed by atoms with Gasteiger partial charge in [0.15, 0.2) is 0 Å². The minimum absolute atomic E-state index is 0.00515. The molecule has 1 atom stereocenters. The van der Waals surface area contributed by atoms with E-state index in [1.807, 2.05) is 31.2 Å². The average Bonchev–Trinajstić information content (AvgIpc) is 2.28. The molecule has 0 spiro atoms. The summed E-state index contributed by atoms with van der Waals surface area (Å²) in [7, 11) is 0. The maximum absolute atomic E-state index is 6.07. The van der Waals surface area contributed by atoms with Gasteiger partial charge < -0.3 is 10.5 Å². The molecule has 1 unspecified atom stereocenters. The molecule has 0 aliphatic carbocycles. The summed E-state index contributed by atoms with van der Waals surface area (Å²) in [6.07, 6.45) is 1.72. The SMILES string of the molecule is CC(N)COc1ccc(Cl)c2cccnc12. The molecule has 1 aromatic carbocycles. The first kappa shape index (κ1) is 11.2. The average molecular weight is 237 g/mol. The number of halogens is 1. The zero-order valence-electron chi connectivity index (χ0n) is 8.98. The molecule has 1 heterocycles. The van der Waals surface area contributed by atoms with Crippen molar-refractivity contribution in [2.75, 3.05) is 6.61 Å². The molecule has 0 aliphatic rings. The van der Waals surface area contributed by atoms with Crippen LogP contribution in [0, 0.1) is 0 Å². The zero-order valence-corrected chi connectivity index (χ0v) is 9.74. The van der Waals surface area contributed by atoms with Crippen LogP contribution in [0.1, 0.15) is 6.92 Å². The number of hydrogen-bond donors (Lipinski definition) is 1. The minimum atomic E-state index is -0.00515. The Labute approximate surface area is 99.2 Å². The van der Waals surface area contributed by atoms with Crippen molar-refractivity contribution in [2.24, 2.45) is 5.73 Å². The molecule has 4 heteroatoms. The van der Waals surface area contributed by atoms with E-state index in [-0.39, 0.29) is 6.04 Å². The van der Waals surface area contributed by atoms with Gasteiger partial charge in [0.25, 0.3) is 0 Å². The number of hydrogen-bond acceptors (Lipinski definition) is 3. The van der Waals surface area contributed by atoms with Gasteiger partial charge in [-0.05, 0) is 31.2 Å². The lowest BCUT2D eigenvalue weighted by Gasteiger charge is -2.11. The lowest BCUT2D eigenvalue weighted by atomic mass is 10.2. The second-order valence-electron chi connectivity index (χ2n) is 3.73. The van der Waals surface area contributed by atoms with Crippen molar-refractivity contribution in [2.45, 2.75) is 13.0 Å². The molecule has 0 bridgehead atoms. The molecule has 0 saturated carbocycles. The predicted molar refractivity (Wildman–Crippen MR) is 65.9 cm³/mol. The van der Waals surface area contributed by atoms with Crippen molar-refractivity contribution in [3.63, 3.8) is 0 Å². The summed E-state index contributed by atoms with van der Waals surface area (Å²) in [6.45, 7) is 2.36. The summed E-state index contributed by atoms with van der Waals surface area (Å²) >= 11 is 6.07. The number of benzene rings is 1. The van der Waals surface area contributed by atoms with E-state index < -0.39 is 0 Å². The third-order valence-electron chi connectivity index (χ3n) is 2.18. The van der Waals surface area contributed by atoms with Crippen molar-refractivity contribution in [3.05, 3.63) is 35.5 Å². The van der Waals surface area contributed by atoms with E-state index in [2.05, 4.69) is 4.98 Å². The normalized spacial score (nSPS) is 12.7. The third-order valence-corrected chi connectivity index (χ3v) is 2.51. The highest BCUT2D eigenvalue weighted by atomic mass is 35.5. The Morgan fingerprint density at radius 2 is 2.25 bits per heavy atom. The van der Waals surface area contributed by atoms with E-state index in [1.165, 1.54) is 0 Å². The molecule has 2 rings (SSSR count). The molecular weight excluding hydrogens is 224 g/mol. The van der Waals surface area contributed by atoms with Gasteiger partial charge >= 0.3 is 0 Å². The van der Waals surface area contributed by atoms with Gasteiger partial charge in [0, 0.05) is 17.6 Å². The molecule has 2 N–H and O–H groups in total. The van der Waals surface area contributed by atoms with Crippen molar-refractivity contribution >= 4 is 22.5 Å². The van der Waals surface area contributed by atoms with E-state index in [4.69, 9.17) is 22.1 Å². The van der Waals surface area contributed by atoms with Gasteiger partial charge in [-0.15, -0.1) is 0 Å². The topological polar surface area (TPSA) is 48.1 Å². The number of pyridine rings is 1. The number of ether oxygens (including phenoxy) is 1. The molecule has 0 radical (unpaired) electrons. The van der Waals surface area contributed by atoms with Crippen LogP contribution in [-0.2, 0) is 0 Å². The molecule has 1 aromatic heterocycles. The Bertz CT molecular complexity index is 499. The fourth-order valence-corrected chi connectivity index (χ4v) is 1.67. The maximum Gasteiger partial charge on any atom is 0.145 e. The number of rotatable bonds is 3. The summed E-state index contributed by atoms with van der Waals surface area (Å²) in [4.78, 5) is 4.27. The van der Waals surface area contributed by atoms with Gasteiger partial charge in [-0.1, -0.05) is 11.6 Å². The van der Waals surface area contributed by atoms with Crippen molar-refractivity contribution in [1.82, 2.24) is 4.98 Å². The van der Waals surface area contributed by atoms with E-state index >= 15 is 0 Å². The summed E-state index contributed by atoms with van der Waals surface area (Å²) in [5, 5.41) is 1.57. The van der Waals surface area contributed by atoms with Crippen LogP contribution < -0.4 is 10.5 Å². The van der Waals surface area contributed by atoms with Gasteiger partial charge in [0.1, 0.15) is 17.9 Å². The zero-order chi connectivity index (χ0) is 11.5. The predicted octanol–water partition coefficient (Wildman–Crippen LogP) is 2.61. The van der Waals surface area contributed by atoms with Crippen LogP contribution in [0.3, 0.4) is 0 Å². The van der Waals surface area contributed by atoms with Crippen LogP contribution >= 0.6 is 11.6 Å². The van der Waals surface area contributed by atoms with Gasteiger partial charge in [-0.3, -0.25) is 4.98 Å². The maximum atomic E-state index is 6.07. The first-order valence-corrected chi connectivity index (χ1v) is 5.48. The first-order valence-electron chi connectivity index (χ1n) is 5.10. The highest BCUT2D eigenvalue weighted by Crippen LogP contribution is 2.29. The van der Waals surface area contributed by atoms with Crippen molar-refractivity contribution in [3.8, 4) is 5.75 Å². The Kier molecular flexibility index (Phi) is 3.27. The van der Waals surface area contributed by atoms with Crippen LogP contribution in [0.4, 0.5) is 0 Å². The standard InChI is InChI=1S/C12H13ClN2O/c1-8(14)7-16-11-5-4-10(13)9-3-2-6-15-12(9)11/h2-6,8H,7,14H2,1H3. The van der Waals surface area contributed by atoms with Gasteiger partial charge in [0.2, 0.25) is 0 Å². The summed E-state index contributed by atoms with van der Waals surface area (Å²) < 4.78 is 5.59. The highest BCUT2D eigenvalue weighted by Gasteiger charge is 2.07. The molecule has 0 aliphatic heterocycles. The Morgan fingerprint density at radius 3 is 3.00 bits per heavy atom. The smallest absolute Gasteiger partial charge is 0.145 e. The van der Waals surface area contributed by atoms with Crippen LogP contribution in [0.2, 0.25) is 5.02 Å². The Morgan fingerprint density at radius 1 is 1.44 bits per heavy atom. The van der Waals surface area contributed by atoms with E-state index in [1.54, 1.807) is 6.20 Å². The number of nitrogens with zero attached hydrogens (tertiary/aromatic N) is 1.